The first-order valence-electron chi connectivity index (χ1n) is 12.6. The van der Waals surface area contributed by atoms with Crippen molar-refractivity contribution < 1.29 is 9.53 Å². The largest absolute Gasteiger partial charge is 0.494 e. The Labute approximate surface area is 200 Å². The van der Waals surface area contributed by atoms with E-state index in [4.69, 9.17) is 4.74 Å². The lowest BCUT2D eigenvalue weighted by Gasteiger charge is -2.19. The van der Waals surface area contributed by atoms with E-state index >= 15 is 0 Å². The number of hydrogen-bond acceptors (Lipinski definition) is 3. The molecular formula is C28H32N4O2. The van der Waals surface area contributed by atoms with Gasteiger partial charge in [-0.15, -0.1) is 0 Å². The molecule has 0 aliphatic heterocycles. The molecule has 0 radical (unpaired) electrons. The summed E-state index contributed by atoms with van der Waals surface area (Å²) in [5.74, 6) is 0.829. The number of nitrogens with zero attached hydrogens (tertiary/aromatic N) is 2. The van der Waals surface area contributed by atoms with Gasteiger partial charge in [0.1, 0.15) is 11.8 Å². The molecule has 0 bridgehead atoms. The lowest BCUT2D eigenvalue weighted by atomic mass is 10.1. The van der Waals surface area contributed by atoms with Gasteiger partial charge in [-0.3, -0.25) is 0 Å². The van der Waals surface area contributed by atoms with Gasteiger partial charge < -0.3 is 19.9 Å². The van der Waals surface area contributed by atoms with E-state index in [1.807, 2.05) is 43.3 Å². The molecule has 2 N–H and O–H groups in total. The molecule has 2 saturated carbocycles. The first-order chi connectivity index (χ1) is 16.7. The zero-order chi connectivity index (χ0) is 23.5. The molecule has 2 aromatic carbocycles. The molecule has 1 heterocycles. The number of ether oxygens (including phenoxy) is 1. The number of fused-ring (bicyclic) bond motifs is 1. The van der Waals surface area contributed by atoms with Gasteiger partial charge in [-0.2, -0.15) is 5.26 Å². The molecule has 6 heteroatoms. The molecule has 5 rings (SSSR count). The van der Waals surface area contributed by atoms with Crippen molar-refractivity contribution in [3.63, 3.8) is 0 Å². The van der Waals surface area contributed by atoms with Crippen LogP contribution in [0.2, 0.25) is 0 Å². The predicted octanol–water partition coefficient (Wildman–Crippen LogP) is 6.76. The first kappa shape index (κ1) is 22.3. The van der Waals surface area contributed by atoms with Gasteiger partial charge in [0.05, 0.1) is 23.4 Å². The number of nitriles is 1. The summed E-state index contributed by atoms with van der Waals surface area (Å²) >= 11 is 0. The Morgan fingerprint density at radius 3 is 2.44 bits per heavy atom. The number of carbonyl (C=O) groups excluding carboxylic acids is 1. The number of urea groups is 1. The summed E-state index contributed by atoms with van der Waals surface area (Å²) < 4.78 is 8.14. The van der Waals surface area contributed by atoms with Crippen molar-refractivity contribution in [2.24, 2.45) is 0 Å². The normalized spacial score (nSPS) is 16.6. The minimum atomic E-state index is -0.152. The minimum Gasteiger partial charge on any atom is -0.494 e. The Bertz CT molecular complexity index is 1210. The Hall–Kier alpha value is -3.46. The summed E-state index contributed by atoms with van der Waals surface area (Å²) in [5.41, 5.74) is 4.45. The molecule has 2 aliphatic carbocycles. The standard InChI is InChI=1S/C28H32N4O2/c1-2-34-23-15-16-24-25(18-29)27(32(26(24)17-23)22-9-5-6-10-22)19-11-13-21(14-12-19)31-28(33)30-20-7-3-4-8-20/h11-17,20,22H,2-10H2,1H3,(H2,30,31,33). The number of amides is 2. The average molecular weight is 457 g/mol. The van der Waals surface area contributed by atoms with Crippen molar-refractivity contribution in [1.82, 2.24) is 9.88 Å². The maximum atomic E-state index is 12.4. The summed E-state index contributed by atoms with van der Waals surface area (Å²) in [5, 5.41) is 17.1. The quantitative estimate of drug-likeness (QED) is 0.430. The zero-order valence-corrected chi connectivity index (χ0v) is 19.8. The van der Waals surface area contributed by atoms with Gasteiger partial charge in [-0.1, -0.05) is 37.8 Å². The Morgan fingerprint density at radius 2 is 1.76 bits per heavy atom. The van der Waals surface area contributed by atoms with Crippen LogP contribution in [0.3, 0.4) is 0 Å². The van der Waals surface area contributed by atoms with Crippen LogP contribution in [0.15, 0.2) is 42.5 Å². The summed E-state index contributed by atoms with van der Waals surface area (Å²) in [6, 6.07) is 16.9. The molecular weight excluding hydrogens is 424 g/mol. The highest BCUT2D eigenvalue weighted by Gasteiger charge is 2.26. The highest BCUT2D eigenvalue weighted by atomic mass is 16.5. The fraction of sp³-hybridized carbons (Fsp3) is 0.429. The van der Waals surface area contributed by atoms with Gasteiger partial charge in [0, 0.05) is 29.2 Å². The second kappa shape index (κ2) is 9.80. The molecule has 2 amide bonds. The van der Waals surface area contributed by atoms with Gasteiger partial charge in [-0.25, -0.2) is 4.79 Å². The lowest BCUT2D eigenvalue weighted by molar-refractivity contribution is 0.248. The summed E-state index contributed by atoms with van der Waals surface area (Å²) in [6.07, 6.45) is 9.11. The molecule has 2 aliphatic rings. The van der Waals surface area contributed by atoms with Crippen LogP contribution in [0.1, 0.15) is 69.9 Å². The van der Waals surface area contributed by atoms with Crippen LogP contribution < -0.4 is 15.4 Å². The fourth-order valence-corrected chi connectivity index (χ4v) is 5.62. The molecule has 3 aromatic rings. The average Bonchev–Trinajstić information content (AvgIpc) is 3.60. The third-order valence-corrected chi connectivity index (χ3v) is 7.20. The Morgan fingerprint density at radius 1 is 1.06 bits per heavy atom. The monoisotopic (exact) mass is 456 g/mol. The van der Waals surface area contributed by atoms with Gasteiger partial charge in [0.2, 0.25) is 0 Å². The van der Waals surface area contributed by atoms with Crippen LogP contribution in [0.4, 0.5) is 10.5 Å². The number of nitrogens with one attached hydrogen (secondary N) is 2. The van der Waals surface area contributed by atoms with E-state index in [0.717, 1.165) is 59.3 Å². The van der Waals surface area contributed by atoms with Gasteiger partial charge >= 0.3 is 6.03 Å². The fourth-order valence-electron chi connectivity index (χ4n) is 5.62. The Balaban J connectivity index is 1.50. The van der Waals surface area contributed by atoms with E-state index in [-0.39, 0.29) is 12.1 Å². The van der Waals surface area contributed by atoms with Crippen molar-refractivity contribution in [1.29, 1.82) is 5.26 Å². The maximum absolute atomic E-state index is 12.4. The summed E-state index contributed by atoms with van der Waals surface area (Å²) in [7, 11) is 0. The van der Waals surface area contributed by atoms with Crippen molar-refractivity contribution in [3.05, 3.63) is 48.0 Å². The lowest BCUT2D eigenvalue weighted by Crippen LogP contribution is -2.36. The van der Waals surface area contributed by atoms with Crippen LogP contribution in [0.5, 0.6) is 5.75 Å². The van der Waals surface area contributed by atoms with E-state index < -0.39 is 0 Å². The second-order valence-corrected chi connectivity index (χ2v) is 9.41. The number of hydrogen-bond donors (Lipinski definition) is 2. The number of anilines is 1. The van der Waals surface area contributed by atoms with Crippen molar-refractivity contribution in [2.45, 2.75) is 70.4 Å². The van der Waals surface area contributed by atoms with Crippen LogP contribution >= 0.6 is 0 Å². The van der Waals surface area contributed by atoms with E-state index in [0.29, 0.717) is 18.2 Å². The van der Waals surface area contributed by atoms with Crippen molar-refractivity contribution in [3.8, 4) is 23.1 Å². The molecule has 0 atom stereocenters. The molecule has 2 fully saturated rings. The van der Waals surface area contributed by atoms with Gasteiger partial charge in [-0.05, 0) is 62.4 Å². The van der Waals surface area contributed by atoms with Crippen molar-refractivity contribution >= 4 is 22.6 Å². The van der Waals surface area contributed by atoms with Crippen LogP contribution in [-0.4, -0.2) is 23.2 Å². The van der Waals surface area contributed by atoms with E-state index in [1.54, 1.807) is 0 Å². The molecule has 0 unspecified atom stereocenters. The first-order valence-corrected chi connectivity index (χ1v) is 12.6. The molecule has 1 aromatic heterocycles. The third-order valence-electron chi connectivity index (χ3n) is 7.20. The van der Waals surface area contributed by atoms with Crippen LogP contribution in [0, 0.1) is 11.3 Å². The smallest absolute Gasteiger partial charge is 0.319 e. The number of benzene rings is 2. The molecule has 0 saturated heterocycles. The van der Waals surface area contributed by atoms with E-state index in [9.17, 15) is 10.1 Å². The number of rotatable bonds is 6. The second-order valence-electron chi connectivity index (χ2n) is 9.41. The minimum absolute atomic E-state index is 0.152. The molecule has 6 nitrogen and oxygen atoms in total. The molecule has 34 heavy (non-hydrogen) atoms. The van der Waals surface area contributed by atoms with Crippen molar-refractivity contribution in [2.75, 3.05) is 11.9 Å². The van der Waals surface area contributed by atoms with Crippen LogP contribution in [0.25, 0.3) is 22.2 Å². The summed E-state index contributed by atoms with van der Waals surface area (Å²) in [6.45, 7) is 2.59. The molecule has 0 spiro atoms. The number of aromatic nitrogens is 1. The van der Waals surface area contributed by atoms with E-state index in [2.05, 4.69) is 27.3 Å². The van der Waals surface area contributed by atoms with Gasteiger partial charge in [0.15, 0.2) is 0 Å². The van der Waals surface area contributed by atoms with Crippen LogP contribution in [-0.2, 0) is 0 Å². The zero-order valence-electron chi connectivity index (χ0n) is 19.8. The highest BCUT2D eigenvalue weighted by molar-refractivity contribution is 5.96. The highest BCUT2D eigenvalue weighted by Crippen LogP contribution is 2.42. The Kier molecular flexibility index (Phi) is 6.44. The maximum Gasteiger partial charge on any atom is 0.319 e. The SMILES string of the molecule is CCOc1ccc2c(C#N)c(-c3ccc(NC(=O)NC4CCCC4)cc3)n(C3CCCC3)c2c1. The topological polar surface area (TPSA) is 79.1 Å². The van der Waals surface area contributed by atoms with Gasteiger partial charge in [0.25, 0.3) is 0 Å². The van der Waals surface area contributed by atoms with E-state index in [1.165, 1.54) is 25.7 Å². The number of carbonyl (C=O) groups is 1. The predicted molar refractivity (Wildman–Crippen MR) is 135 cm³/mol. The molecule has 176 valence electrons. The summed E-state index contributed by atoms with van der Waals surface area (Å²) in [4.78, 5) is 12.4. The third kappa shape index (κ3) is 4.35.